The smallest absolute Gasteiger partial charge is 0.311 e. The number of likely N-dealkylation sites (N-methyl/N-ethyl adjacent to an activating group) is 1. The van der Waals surface area contributed by atoms with Crippen molar-refractivity contribution in [3.63, 3.8) is 0 Å². The Labute approximate surface area is 151 Å². The molecule has 138 valence electrons. The Morgan fingerprint density at radius 1 is 1.23 bits per heavy atom. The van der Waals surface area contributed by atoms with Gasteiger partial charge in [-0.3, -0.25) is 14.9 Å². The molecule has 0 spiro atoms. The number of nitro groups is 1. The molecule has 2 aromatic rings. The van der Waals surface area contributed by atoms with Crippen molar-refractivity contribution in [3.05, 3.63) is 58.6 Å². The predicted molar refractivity (Wildman–Crippen MR) is 97.9 cm³/mol. The van der Waals surface area contributed by atoms with Crippen LogP contribution in [-0.2, 0) is 4.79 Å². The van der Waals surface area contributed by atoms with Crippen LogP contribution in [0.4, 0.5) is 11.4 Å². The molecule has 0 saturated heterocycles. The summed E-state index contributed by atoms with van der Waals surface area (Å²) in [6, 6.07) is 13.9. The SMILES string of the molecule is COc1cc(OCC(=O)NCCN(C)c2ccccc2)ccc1[N+](=O)[O-]. The minimum absolute atomic E-state index is 0.0809. The second kappa shape index (κ2) is 9.26. The van der Waals surface area contributed by atoms with Crippen molar-refractivity contribution < 1.29 is 19.2 Å². The van der Waals surface area contributed by atoms with E-state index >= 15 is 0 Å². The fourth-order valence-corrected chi connectivity index (χ4v) is 2.27. The number of methoxy groups -OCH3 is 1. The standard InChI is InChI=1S/C18H21N3O5/c1-20(14-6-4-3-5-7-14)11-10-19-18(22)13-26-15-8-9-16(21(23)24)17(12-15)25-2/h3-9,12H,10-11,13H2,1-2H3,(H,19,22). The van der Waals surface area contributed by atoms with Gasteiger partial charge in [0.25, 0.3) is 5.91 Å². The Balaban J connectivity index is 1.77. The Morgan fingerprint density at radius 3 is 2.62 bits per heavy atom. The molecule has 0 saturated carbocycles. The largest absolute Gasteiger partial charge is 0.490 e. The van der Waals surface area contributed by atoms with E-state index in [0.29, 0.717) is 18.8 Å². The molecule has 1 amide bonds. The number of carbonyl (C=O) groups excluding carboxylic acids is 1. The minimum atomic E-state index is -0.543. The Hall–Kier alpha value is -3.29. The van der Waals surface area contributed by atoms with E-state index in [1.54, 1.807) is 0 Å². The van der Waals surface area contributed by atoms with Crippen LogP contribution in [-0.4, -0.2) is 44.7 Å². The lowest BCUT2D eigenvalue weighted by Crippen LogP contribution is -2.35. The van der Waals surface area contributed by atoms with Crippen LogP contribution < -0.4 is 19.7 Å². The lowest BCUT2D eigenvalue weighted by molar-refractivity contribution is -0.385. The molecule has 0 aliphatic carbocycles. The normalized spacial score (nSPS) is 10.1. The highest BCUT2D eigenvalue weighted by molar-refractivity contribution is 5.77. The fraction of sp³-hybridized carbons (Fsp3) is 0.278. The first kappa shape index (κ1) is 19.0. The van der Waals surface area contributed by atoms with E-state index in [1.807, 2.05) is 42.3 Å². The average Bonchev–Trinajstić information content (AvgIpc) is 2.66. The van der Waals surface area contributed by atoms with E-state index in [4.69, 9.17) is 9.47 Å². The van der Waals surface area contributed by atoms with E-state index in [-0.39, 0.29) is 24.0 Å². The van der Waals surface area contributed by atoms with Gasteiger partial charge in [-0.25, -0.2) is 0 Å². The van der Waals surface area contributed by atoms with Gasteiger partial charge in [-0.05, 0) is 18.2 Å². The van der Waals surface area contributed by atoms with Crippen molar-refractivity contribution >= 4 is 17.3 Å². The quantitative estimate of drug-likeness (QED) is 0.545. The Morgan fingerprint density at radius 2 is 1.96 bits per heavy atom. The maximum absolute atomic E-state index is 11.9. The molecule has 1 N–H and O–H groups in total. The number of hydrogen-bond donors (Lipinski definition) is 1. The minimum Gasteiger partial charge on any atom is -0.490 e. The third-order valence-corrected chi connectivity index (χ3v) is 3.68. The number of ether oxygens (including phenoxy) is 2. The van der Waals surface area contributed by atoms with Crippen molar-refractivity contribution in [2.75, 3.05) is 38.8 Å². The van der Waals surface area contributed by atoms with Gasteiger partial charge in [0.15, 0.2) is 6.61 Å². The number of amides is 1. The zero-order valence-electron chi connectivity index (χ0n) is 14.7. The molecule has 0 fully saturated rings. The summed E-state index contributed by atoms with van der Waals surface area (Å²) in [5.74, 6) is 0.130. The van der Waals surface area contributed by atoms with E-state index in [1.165, 1.54) is 25.3 Å². The van der Waals surface area contributed by atoms with E-state index in [9.17, 15) is 14.9 Å². The highest BCUT2D eigenvalue weighted by atomic mass is 16.6. The Bertz CT molecular complexity index is 752. The summed E-state index contributed by atoms with van der Waals surface area (Å²) in [5, 5.41) is 13.6. The zero-order valence-corrected chi connectivity index (χ0v) is 14.7. The van der Waals surface area contributed by atoms with Gasteiger partial charge in [-0.15, -0.1) is 0 Å². The number of carbonyl (C=O) groups is 1. The number of hydrogen-bond acceptors (Lipinski definition) is 6. The summed E-state index contributed by atoms with van der Waals surface area (Å²) in [4.78, 5) is 24.2. The summed E-state index contributed by atoms with van der Waals surface area (Å²) in [7, 11) is 3.28. The van der Waals surface area contributed by atoms with Crippen LogP contribution in [0.2, 0.25) is 0 Å². The monoisotopic (exact) mass is 359 g/mol. The van der Waals surface area contributed by atoms with Crippen molar-refractivity contribution in [1.82, 2.24) is 5.32 Å². The summed E-state index contributed by atoms with van der Waals surface area (Å²) in [5.41, 5.74) is 0.907. The first-order chi connectivity index (χ1) is 12.5. The van der Waals surface area contributed by atoms with Gasteiger partial charge in [-0.2, -0.15) is 0 Å². The first-order valence-corrected chi connectivity index (χ1v) is 7.99. The molecule has 0 radical (unpaired) electrons. The van der Waals surface area contributed by atoms with Gasteiger partial charge < -0.3 is 19.7 Å². The molecular formula is C18H21N3O5. The highest BCUT2D eigenvalue weighted by Gasteiger charge is 2.15. The third-order valence-electron chi connectivity index (χ3n) is 3.68. The van der Waals surface area contributed by atoms with Crippen molar-refractivity contribution in [1.29, 1.82) is 0 Å². The predicted octanol–water partition coefficient (Wildman–Crippen LogP) is 2.23. The highest BCUT2D eigenvalue weighted by Crippen LogP contribution is 2.30. The van der Waals surface area contributed by atoms with E-state index in [2.05, 4.69) is 5.32 Å². The molecule has 0 atom stereocenters. The third kappa shape index (κ3) is 5.37. The van der Waals surface area contributed by atoms with Crippen LogP contribution in [0, 0.1) is 10.1 Å². The van der Waals surface area contributed by atoms with Gasteiger partial charge in [0.05, 0.1) is 12.0 Å². The molecule has 0 aliphatic rings. The molecule has 0 aliphatic heterocycles. The van der Waals surface area contributed by atoms with Crippen LogP contribution >= 0.6 is 0 Å². The van der Waals surface area contributed by atoms with Crippen molar-refractivity contribution in [2.24, 2.45) is 0 Å². The summed E-state index contributed by atoms with van der Waals surface area (Å²) >= 11 is 0. The van der Waals surface area contributed by atoms with Crippen molar-refractivity contribution in [3.8, 4) is 11.5 Å². The molecule has 0 aromatic heterocycles. The lowest BCUT2D eigenvalue weighted by Gasteiger charge is -2.19. The molecule has 26 heavy (non-hydrogen) atoms. The number of nitrogens with zero attached hydrogens (tertiary/aromatic N) is 2. The Kier molecular flexibility index (Phi) is 6.78. The van der Waals surface area contributed by atoms with Crippen molar-refractivity contribution in [2.45, 2.75) is 0 Å². The lowest BCUT2D eigenvalue weighted by atomic mass is 10.3. The number of anilines is 1. The number of para-hydroxylation sites is 1. The molecule has 8 heteroatoms. The molecule has 0 unspecified atom stereocenters. The number of nitrogens with one attached hydrogen (secondary N) is 1. The zero-order chi connectivity index (χ0) is 18.9. The first-order valence-electron chi connectivity index (χ1n) is 7.99. The van der Waals surface area contributed by atoms with Gasteiger partial charge in [-0.1, -0.05) is 18.2 Å². The van der Waals surface area contributed by atoms with E-state index in [0.717, 1.165) is 5.69 Å². The summed E-state index contributed by atoms with van der Waals surface area (Å²) < 4.78 is 10.3. The van der Waals surface area contributed by atoms with Crippen LogP contribution in [0.1, 0.15) is 0 Å². The van der Waals surface area contributed by atoms with Gasteiger partial charge in [0.2, 0.25) is 5.75 Å². The van der Waals surface area contributed by atoms with Crippen LogP contribution in [0.3, 0.4) is 0 Å². The van der Waals surface area contributed by atoms with Crippen LogP contribution in [0.25, 0.3) is 0 Å². The number of benzene rings is 2. The fourth-order valence-electron chi connectivity index (χ4n) is 2.27. The maximum atomic E-state index is 11.9. The van der Waals surface area contributed by atoms with Gasteiger partial charge in [0.1, 0.15) is 5.75 Å². The summed E-state index contributed by atoms with van der Waals surface area (Å²) in [6.07, 6.45) is 0. The van der Waals surface area contributed by atoms with Gasteiger partial charge >= 0.3 is 5.69 Å². The molecular weight excluding hydrogens is 338 g/mol. The molecule has 2 aromatic carbocycles. The second-order valence-electron chi connectivity index (χ2n) is 5.49. The summed E-state index contributed by atoms with van der Waals surface area (Å²) in [6.45, 7) is 0.939. The molecule has 8 nitrogen and oxygen atoms in total. The second-order valence-corrected chi connectivity index (χ2v) is 5.49. The number of rotatable bonds is 9. The molecule has 0 bridgehead atoms. The molecule has 2 rings (SSSR count). The topological polar surface area (TPSA) is 93.9 Å². The van der Waals surface area contributed by atoms with Crippen LogP contribution in [0.5, 0.6) is 11.5 Å². The van der Waals surface area contributed by atoms with Gasteiger partial charge in [0, 0.05) is 38.0 Å². The van der Waals surface area contributed by atoms with Crippen LogP contribution in [0.15, 0.2) is 48.5 Å². The number of nitro benzene ring substituents is 1. The van der Waals surface area contributed by atoms with E-state index < -0.39 is 4.92 Å². The average molecular weight is 359 g/mol. The maximum Gasteiger partial charge on any atom is 0.311 e. The molecule has 0 heterocycles.